The predicted octanol–water partition coefficient (Wildman–Crippen LogP) is 4.62. The normalized spacial score (nSPS) is 17.8. The molecule has 2 aromatic carbocycles. The summed E-state index contributed by atoms with van der Waals surface area (Å²) < 4.78 is 0. The van der Waals surface area contributed by atoms with Crippen LogP contribution in [0.5, 0.6) is 0 Å². The maximum atomic E-state index is 12.8. The van der Waals surface area contributed by atoms with E-state index in [4.69, 9.17) is 16.9 Å². The van der Waals surface area contributed by atoms with Gasteiger partial charge in [-0.2, -0.15) is 5.26 Å². The van der Waals surface area contributed by atoms with E-state index < -0.39 is 0 Å². The summed E-state index contributed by atoms with van der Waals surface area (Å²) in [6, 6.07) is 16.9. The molecule has 0 bridgehead atoms. The minimum atomic E-state index is 0.0420. The topological polar surface area (TPSA) is 44.1 Å². The molecule has 3 rings (SSSR count). The Morgan fingerprint density at radius 2 is 1.79 bits per heavy atom. The molecule has 3 nitrogen and oxygen atoms in total. The molecule has 0 spiro atoms. The number of rotatable bonds is 2. The molecular formula is C20H19ClN2O. The smallest absolute Gasteiger partial charge is 0.253 e. The lowest BCUT2D eigenvalue weighted by atomic mass is 9.94. The van der Waals surface area contributed by atoms with Crippen molar-refractivity contribution in [3.05, 3.63) is 70.2 Å². The lowest BCUT2D eigenvalue weighted by Gasteiger charge is -2.25. The Kier molecular flexibility index (Phi) is 5.17. The van der Waals surface area contributed by atoms with Gasteiger partial charge in [-0.1, -0.05) is 30.2 Å². The molecule has 0 N–H and O–H groups in total. The van der Waals surface area contributed by atoms with Crippen molar-refractivity contribution in [3.8, 4) is 6.07 Å². The zero-order valence-electron chi connectivity index (χ0n) is 13.4. The molecule has 24 heavy (non-hydrogen) atoms. The van der Waals surface area contributed by atoms with Gasteiger partial charge in [0, 0.05) is 29.6 Å². The number of carbonyl (C=O) groups excluding carboxylic acids is 1. The first-order valence-electron chi connectivity index (χ1n) is 8.22. The van der Waals surface area contributed by atoms with Crippen molar-refractivity contribution in [2.45, 2.75) is 25.2 Å². The fraction of sp³-hybridized carbons (Fsp3) is 0.300. The van der Waals surface area contributed by atoms with Crippen molar-refractivity contribution >= 4 is 17.5 Å². The monoisotopic (exact) mass is 338 g/mol. The summed E-state index contributed by atoms with van der Waals surface area (Å²) in [4.78, 5) is 14.7. The summed E-state index contributed by atoms with van der Waals surface area (Å²) >= 11 is 5.98. The van der Waals surface area contributed by atoms with E-state index in [-0.39, 0.29) is 5.91 Å². The molecule has 0 radical (unpaired) electrons. The number of nitrogens with zero attached hydrogens (tertiary/aromatic N) is 2. The first kappa shape index (κ1) is 16.5. The average molecular weight is 339 g/mol. The summed E-state index contributed by atoms with van der Waals surface area (Å²) in [7, 11) is 0. The van der Waals surface area contributed by atoms with Crippen molar-refractivity contribution in [2.75, 3.05) is 13.1 Å². The summed E-state index contributed by atoms with van der Waals surface area (Å²) in [6.07, 6.45) is 3.22. The van der Waals surface area contributed by atoms with Gasteiger partial charge in [-0.05, 0) is 54.8 Å². The number of nitriles is 1. The van der Waals surface area contributed by atoms with Crippen molar-refractivity contribution < 1.29 is 4.79 Å². The molecule has 4 heteroatoms. The van der Waals surface area contributed by atoms with E-state index in [1.807, 2.05) is 17.0 Å². The van der Waals surface area contributed by atoms with Gasteiger partial charge >= 0.3 is 0 Å². The van der Waals surface area contributed by atoms with Crippen molar-refractivity contribution in [2.24, 2.45) is 0 Å². The largest absolute Gasteiger partial charge is 0.338 e. The lowest BCUT2D eigenvalue weighted by molar-refractivity contribution is 0.0754. The molecular weight excluding hydrogens is 320 g/mol. The van der Waals surface area contributed by atoms with Crippen molar-refractivity contribution in [1.82, 2.24) is 4.90 Å². The highest BCUT2D eigenvalue weighted by molar-refractivity contribution is 6.30. The number of halogens is 1. The summed E-state index contributed by atoms with van der Waals surface area (Å²) in [5.41, 5.74) is 2.45. The third-order valence-corrected chi connectivity index (χ3v) is 4.81. The van der Waals surface area contributed by atoms with Gasteiger partial charge in [0.15, 0.2) is 0 Å². The third-order valence-electron chi connectivity index (χ3n) is 4.56. The second kappa shape index (κ2) is 7.51. The second-order valence-electron chi connectivity index (χ2n) is 6.18. The number of hydrogen-bond acceptors (Lipinski definition) is 2. The fourth-order valence-corrected chi connectivity index (χ4v) is 3.33. The van der Waals surface area contributed by atoms with Crippen LogP contribution >= 0.6 is 11.6 Å². The van der Waals surface area contributed by atoms with Gasteiger partial charge in [0.2, 0.25) is 0 Å². The van der Waals surface area contributed by atoms with E-state index in [1.165, 1.54) is 5.56 Å². The average Bonchev–Trinajstić information content (AvgIpc) is 2.88. The highest BCUT2D eigenvalue weighted by Gasteiger charge is 2.24. The lowest BCUT2D eigenvalue weighted by Crippen LogP contribution is -2.34. The van der Waals surface area contributed by atoms with Gasteiger partial charge in [0.25, 0.3) is 5.91 Å². The van der Waals surface area contributed by atoms with Crippen LogP contribution in [-0.2, 0) is 0 Å². The van der Waals surface area contributed by atoms with Gasteiger partial charge in [-0.3, -0.25) is 4.79 Å². The zero-order chi connectivity index (χ0) is 16.9. The summed E-state index contributed by atoms with van der Waals surface area (Å²) in [6.45, 7) is 1.50. The minimum absolute atomic E-state index is 0.0420. The molecule has 1 atom stereocenters. The Hall–Kier alpha value is -2.31. The Morgan fingerprint density at radius 3 is 2.46 bits per heavy atom. The number of amides is 1. The number of hydrogen-bond donors (Lipinski definition) is 0. The quantitative estimate of drug-likeness (QED) is 0.801. The maximum absolute atomic E-state index is 12.8. The molecule has 1 aliphatic rings. The van der Waals surface area contributed by atoms with E-state index in [0.717, 1.165) is 37.4 Å². The van der Waals surface area contributed by atoms with E-state index in [0.29, 0.717) is 17.0 Å². The molecule has 0 aliphatic carbocycles. The van der Waals surface area contributed by atoms with Crippen LogP contribution < -0.4 is 0 Å². The maximum Gasteiger partial charge on any atom is 0.253 e. The van der Waals surface area contributed by atoms with Crippen LogP contribution in [0.4, 0.5) is 0 Å². The second-order valence-corrected chi connectivity index (χ2v) is 6.62. The molecule has 1 unspecified atom stereocenters. The number of carbonyl (C=O) groups is 1. The summed E-state index contributed by atoms with van der Waals surface area (Å²) in [5.74, 6) is 0.382. The number of likely N-dealkylation sites (tertiary alicyclic amines) is 1. The fourth-order valence-electron chi connectivity index (χ4n) is 3.20. The van der Waals surface area contributed by atoms with Gasteiger partial charge in [-0.25, -0.2) is 0 Å². The van der Waals surface area contributed by atoms with Crippen LogP contribution in [0, 0.1) is 11.3 Å². The molecule has 1 heterocycles. The van der Waals surface area contributed by atoms with E-state index in [9.17, 15) is 4.79 Å². The van der Waals surface area contributed by atoms with Crippen LogP contribution in [0.15, 0.2) is 48.5 Å². The molecule has 1 fully saturated rings. The molecule has 1 aliphatic heterocycles. The van der Waals surface area contributed by atoms with Crippen LogP contribution in [0.3, 0.4) is 0 Å². The summed E-state index contributed by atoms with van der Waals surface area (Å²) in [5, 5.41) is 9.61. The van der Waals surface area contributed by atoms with Gasteiger partial charge in [-0.15, -0.1) is 0 Å². The molecule has 1 amide bonds. The van der Waals surface area contributed by atoms with Crippen LogP contribution in [0.2, 0.25) is 5.02 Å². The van der Waals surface area contributed by atoms with Gasteiger partial charge in [0.05, 0.1) is 11.6 Å². The Bertz CT molecular complexity index is 747. The third kappa shape index (κ3) is 3.77. The Balaban J connectivity index is 1.77. The molecule has 0 saturated carbocycles. The SMILES string of the molecule is N#Cc1ccc(C(=O)N2CCCCC(c3ccc(Cl)cc3)C2)cc1. The highest BCUT2D eigenvalue weighted by atomic mass is 35.5. The van der Waals surface area contributed by atoms with E-state index >= 15 is 0 Å². The molecule has 0 aromatic heterocycles. The Labute approximate surface area is 147 Å². The minimum Gasteiger partial charge on any atom is -0.338 e. The standard InChI is InChI=1S/C20H19ClN2O/c21-19-10-8-16(9-11-19)18-3-1-2-12-23(14-18)20(24)17-6-4-15(13-22)5-7-17/h4-11,18H,1-3,12,14H2. The van der Waals surface area contributed by atoms with E-state index in [1.54, 1.807) is 24.3 Å². The van der Waals surface area contributed by atoms with Gasteiger partial charge < -0.3 is 4.90 Å². The molecule has 1 saturated heterocycles. The highest BCUT2D eigenvalue weighted by Crippen LogP contribution is 2.28. The van der Waals surface area contributed by atoms with Crippen molar-refractivity contribution in [3.63, 3.8) is 0 Å². The Morgan fingerprint density at radius 1 is 1.08 bits per heavy atom. The van der Waals surface area contributed by atoms with Crippen LogP contribution in [0.25, 0.3) is 0 Å². The first-order valence-corrected chi connectivity index (χ1v) is 8.60. The van der Waals surface area contributed by atoms with E-state index in [2.05, 4.69) is 18.2 Å². The van der Waals surface area contributed by atoms with Crippen LogP contribution in [-0.4, -0.2) is 23.9 Å². The molecule has 2 aromatic rings. The first-order chi connectivity index (χ1) is 11.7. The zero-order valence-corrected chi connectivity index (χ0v) is 14.2. The molecule has 122 valence electrons. The number of benzene rings is 2. The van der Waals surface area contributed by atoms with Gasteiger partial charge in [0.1, 0.15) is 0 Å². The van der Waals surface area contributed by atoms with Crippen molar-refractivity contribution in [1.29, 1.82) is 5.26 Å². The predicted molar refractivity (Wildman–Crippen MR) is 95.1 cm³/mol. The van der Waals surface area contributed by atoms with Crippen LogP contribution in [0.1, 0.15) is 46.7 Å².